The van der Waals surface area contributed by atoms with Crippen LogP contribution in [0.3, 0.4) is 0 Å². The third-order valence-electron chi connectivity index (χ3n) is 2.50. The molecule has 1 aromatic carbocycles. The number of fused-ring (bicyclic) bond motifs is 1. The first kappa shape index (κ1) is 14.5. The third kappa shape index (κ3) is 3.47. The Morgan fingerprint density at radius 2 is 1.89 bits per heavy atom. The zero-order valence-electron chi connectivity index (χ0n) is 11.4. The van der Waals surface area contributed by atoms with Gasteiger partial charge in [-0.25, -0.2) is 4.79 Å². The van der Waals surface area contributed by atoms with Crippen LogP contribution in [0.25, 0.3) is 0 Å². The molecule has 0 atom stereocenters. The molecule has 0 bridgehead atoms. The van der Waals surface area contributed by atoms with Gasteiger partial charge in [-0.15, -0.1) is 0 Å². The Kier molecular flexibility index (Phi) is 4.73. The quantitative estimate of drug-likeness (QED) is 0.771. The average molecular weight is 251 g/mol. The van der Waals surface area contributed by atoms with Crippen LogP contribution in [0.1, 0.15) is 26.3 Å². The minimum atomic E-state index is -0.436. The lowest BCUT2D eigenvalue weighted by atomic mass is 10.2. The fourth-order valence-electron chi connectivity index (χ4n) is 1.84. The van der Waals surface area contributed by atoms with Gasteiger partial charge in [0.15, 0.2) is 0 Å². The molecular formula is C14H21NO3. The Morgan fingerprint density at radius 3 is 2.50 bits per heavy atom. The fourth-order valence-corrected chi connectivity index (χ4v) is 1.84. The van der Waals surface area contributed by atoms with Crippen LogP contribution in [-0.4, -0.2) is 30.5 Å². The molecule has 1 aliphatic rings. The first-order chi connectivity index (χ1) is 8.47. The Bertz CT molecular complexity index is 410. The second kappa shape index (κ2) is 5.87. The van der Waals surface area contributed by atoms with Gasteiger partial charge in [0.05, 0.1) is 5.69 Å². The molecule has 4 heteroatoms. The number of nitrogens with zero attached hydrogens (tertiary/aromatic N) is 1. The van der Waals surface area contributed by atoms with Crippen molar-refractivity contribution in [2.75, 3.05) is 18.6 Å². The highest BCUT2D eigenvalue weighted by molar-refractivity contribution is 5.90. The Balaban J connectivity index is 0.000000771. The van der Waals surface area contributed by atoms with Crippen molar-refractivity contribution < 1.29 is 14.6 Å². The average Bonchev–Trinajstić information content (AvgIpc) is 2.73. The van der Waals surface area contributed by atoms with Crippen molar-refractivity contribution in [3.8, 4) is 0 Å². The van der Waals surface area contributed by atoms with Crippen LogP contribution in [0.5, 0.6) is 0 Å². The number of carbonyl (C=O) groups is 1. The molecule has 4 nitrogen and oxygen atoms in total. The first-order valence-electron chi connectivity index (χ1n) is 6.00. The number of amides is 1. The molecule has 2 rings (SSSR count). The monoisotopic (exact) mass is 251 g/mol. The summed E-state index contributed by atoms with van der Waals surface area (Å²) in [4.78, 5) is 13.6. The number of hydrogen-bond acceptors (Lipinski definition) is 3. The lowest BCUT2D eigenvalue weighted by Crippen LogP contribution is -2.35. The van der Waals surface area contributed by atoms with Crippen LogP contribution < -0.4 is 4.90 Å². The molecule has 18 heavy (non-hydrogen) atoms. The minimum Gasteiger partial charge on any atom is -0.443 e. The van der Waals surface area contributed by atoms with Crippen molar-refractivity contribution in [3.63, 3.8) is 0 Å². The van der Waals surface area contributed by atoms with Crippen molar-refractivity contribution in [3.05, 3.63) is 29.8 Å². The topological polar surface area (TPSA) is 49.8 Å². The summed E-state index contributed by atoms with van der Waals surface area (Å²) in [6.45, 7) is 6.36. The lowest BCUT2D eigenvalue weighted by Gasteiger charge is -2.24. The van der Waals surface area contributed by atoms with E-state index in [1.54, 1.807) is 4.90 Å². The minimum absolute atomic E-state index is 0.252. The molecule has 0 saturated heterocycles. The van der Waals surface area contributed by atoms with Crippen LogP contribution in [-0.2, 0) is 11.2 Å². The van der Waals surface area contributed by atoms with Gasteiger partial charge in [0, 0.05) is 13.7 Å². The Morgan fingerprint density at radius 1 is 1.28 bits per heavy atom. The normalized spacial score (nSPS) is 13.5. The van der Waals surface area contributed by atoms with Crippen molar-refractivity contribution in [2.45, 2.75) is 32.8 Å². The van der Waals surface area contributed by atoms with E-state index >= 15 is 0 Å². The van der Waals surface area contributed by atoms with Gasteiger partial charge in [0.1, 0.15) is 5.60 Å². The molecular weight excluding hydrogens is 230 g/mol. The molecule has 0 unspecified atom stereocenters. The van der Waals surface area contributed by atoms with Gasteiger partial charge in [-0.3, -0.25) is 4.90 Å². The molecule has 1 aromatic rings. The molecule has 1 aliphatic heterocycles. The Hall–Kier alpha value is -1.55. The van der Waals surface area contributed by atoms with E-state index in [1.807, 2.05) is 39.0 Å². The predicted octanol–water partition coefficient (Wildman–Crippen LogP) is 2.59. The number of rotatable bonds is 0. The predicted molar refractivity (Wildman–Crippen MR) is 71.9 cm³/mol. The summed E-state index contributed by atoms with van der Waals surface area (Å²) in [5.74, 6) is 0. The van der Waals surface area contributed by atoms with E-state index in [1.165, 1.54) is 5.56 Å². The van der Waals surface area contributed by atoms with E-state index in [0.29, 0.717) is 6.54 Å². The molecule has 0 radical (unpaired) electrons. The molecule has 1 amide bonds. The summed E-state index contributed by atoms with van der Waals surface area (Å²) >= 11 is 0. The highest BCUT2D eigenvalue weighted by Gasteiger charge is 2.28. The SMILES string of the molecule is CC(C)(C)OC(=O)N1CCc2ccccc21.CO. The van der Waals surface area contributed by atoms with E-state index in [-0.39, 0.29) is 6.09 Å². The second-order valence-electron chi connectivity index (χ2n) is 5.01. The zero-order chi connectivity index (χ0) is 13.8. The number of ether oxygens (including phenoxy) is 1. The molecule has 0 saturated carbocycles. The molecule has 0 aliphatic carbocycles. The van der Waals surface area contributed by atoms with Gasteiger partial charge in [0.2, 0.25) is 0 Å². The van der Waals surface area contributed by atoms with Gasteiger partial charge in [-0.2, -0.15) is 0 Å². The van der Waals surface area contributed by atoms with Crippen LogP contribution >= 0.6 is 0 Å². The van der Waals surface area contributed by atoms with Crippen LogP contribution in [0.2, 0.25) is 0 Å². The summed E-state index contributed by atoms with van der Waals surface area (Å²) in [7, 11) is 1.00. The van der Waals surface area contributed by atoms with Gasteiger partial charge in [-0.05, 0) is 38.8 Å². The number of benzene rings is 1. The summed E-state index contributed by atoms with van der Waals surface area (Å²) in [5, 5.41) is 7.00. The standard InChI is InChI=1S/C13H17NO2.CH4O/c1-13(2,3)16-12(15)14-9-8-10-6-4-5-7-11(10)14;1-2/h4-7H,8-9H2,1-3H3;2H,1H3. The highest BCUT2D eigenvalue weighted by Crippen LogP contribution is 2.28. The molecule has 1 heterocycles. The highest BCUT2D eigenvalue weighted by atomic mass is 16.6. The van der Waals surface area contributed by atoms with Gasteiger partial charge in [0.25, 0.3) is 0 Å². The molecule has 100 valence electrons. The molecule has 0 spiro atoms. The van der Waals surface area contributed by atoms with Crippen molar-refractivity contribution in [1.29, 1.82) is 0 Å². The lowest BCUT2D eigenvalue weighted by molar-refractivity contribution is 0.0584. The fraction of sp³-hybridized carbons (Fsp3) is 0.500. The summed E-state index contributed by atoms with van der Waals surface area (Å²) in [6, 6.07) is 7.96. The second-order valence-corrected chi connectivity index (χ2v) is 5.01. The maximum Gasteiger partial charge on any atom is 0.414 e. The Labute approximate surface area is 108 Å². The van der Waals surface area contributed by atoms with E-state index in [9.17, 15) is 4.79 Å². The van der Waals surface area contributed by atoms with Crippen molar-refractivity contribution in [1.82, 2.24) is 0 Å². The van der Waals surface area contributed by atoms with Gasteiger partial charge >= 0.3 is 6.09 Å². The van der Waals surface area contributed by atoms with Crippen LogP contribution in [0.15, 0.2) is 24.3 Å². The van der Waals surface area contributed by atoms with E-state index in [2.05, 4.69) is 6.07 Å². The summed E-state index contributed by atoms with van der Waals surface area (Å²) in [5.41, 5.74) is 1.76. The van der Waals surface area contributed by atoms with Crippen LogP contribution in [0, 0.1) is 0 Å². The smallest absolute Gasteiger partial charge is 0.414 e. The van der Waals surface area contributed by atoms with Gasteiger partial charge in [-0.1, -0.05) is 18.2 Å². The van der Waals surface area contributed by atoms with Crippen molar-refractivity contribution in [2.24, 2.45) is 0 Å². The van der Waals surface area contributed by atoms with Gasteiger partial charge < -0.3 is 9.84 Å². The maximum atomic E-state index is 11.9. The number of aliphatic hydroxyl groups excluding tert-OH is 1. The summed E-state index contributed by atoms with van der Waals surface area (Å²) < 4.78 is 5.37. The number of anilines is 1. The third-order valence-corrected chi connectivity index (χ3v) is 2.50. The number of para-hydroxylation sites is 1. The van der Waals surface area contributed by atoms with Crippen LogP contribution in [0.4, 0.5) is 10.5 Å². The zero-order valence-corrected chi connectivity index (χ0v) is 11.4. The number of aliphatic hydroxyl groups is 1. The van der Waals surface area contributed by atoms with E-state index in [0.717, 1.165) is 19.2 Å². The molecule has 1 N–H and O–H groups in total. The molecule has 0 fully saturated rings. The first-order valence-corrected chi connectivity index (χ1v) is 6.00. The van der Waals surface area contributed by atoms with E-state index in [4.69, 9.17) is 9.84 Å². The molecule has 0 aromatic heterocycles. The van der Waals surface area contributed by atoms with Crippen molar-refractivity contribution >= 4 is 11.8 Å². The summed E-state index contributed by atoms with van der Waals surface area (Å²) in [6.07, 6.45) is 0.660. The van der Waals surface area contributed by atoms with E-state index < -0.39 is 5.60 Å². The largest absolute Gasteiger partial charge is 0.443 e. The maximum absolute atomic E-state index is 11.9. The number of hydrogen-bond donors (Lipinski definition) is 1. The number of carbonyl (C=O) groups excluding carboxylic acids is 1.